The lowest BCUT2D eigenvalue weighted by Crippen LogP contribution is -2.31. The first-order valence-corrected chi connectivity index (χ1v) is 7.31. The minimum atomic E-state index is -0.0514. The first-order chi connectivity index (χ1) is 9.47. The lowest BCUT2D eigenvalue weighted by Gasteiger charge is -2.13. The normalized spacial score (nSPS) is 12.8. The fraction of sp³-hybridized carbons (Fsp3) is 0.471. The number of carbonyl (C=O) groups is 1. The highest BCUT2D eigenvalue weighted by Gasteiger charge is 2.05. The van der Waals surface area contributed by atoms with Crippen LogP contribution in [0.3, 0.4) is 0 Å². The largest absolute Gasteiger partial charge is 0.399 e. The summed E-state index contributed by atoms with van der Waals surface area (Å²) in [6.45, 7) is 6.49. The van der Waals surface area contributed by atoms with Gasteiger partial charge in [0, 0.05) is 17.8 Å². The summed E-state index contributed by atoms with van der Waals surface area (Å²) in [5.41, 5.74) is 7.33. The van der Waals surface area contributed by atoms with Crippen molar-refractivity contribution in [1.29, 1.82) is 0 Å². The summed E-state index contributed by atoms with van der Waals surface area (Å²) >= 11 is 0. The molecule has 1 amide bonds. The molecule has 0 aliphatic carbocycles. The van der Waals surface area contributed by atoms with Crippen molar-refractivity contribution in [2.75, 3.05) is 5.73 Å². The summed E-state index contributed by atoms with van der Waals surface area (Å²) in [5, 5.41) is 2.98. The summed E-state index contributed by atoms with van der Waals surface area (Å²) in [6, 6.07) is 7.68. The number of hydrogen-bond donors (Lipinski definition) is 2. The van der Waals surface area contributed by atoms with Crippen molar-refractivity contribution >= 4 is 17.7 Å². The van der Waals surface area contributed by atoms with Crippen LogP contribution in [-0.4, -0.2) is 11.9 Å². The zero-order valence-electron chi connectivity index (χ0n) is 12.7. The number of amides is 1. The minimum Gasteiger partial charge on any atom is -0.399 e. The Balaban J connectivity index is 2.35. The van der Waals surface area contributed by atoms with Crippen LogP contribution < -0.4 is 11.1 Å². The molecule has 0 aromatic heterocycles. The molecule has 1 rings (SSSR count). The molecule has 0 heterocycles. The molecule has 0 spiro atoms. The van der Waals surface area contributed by atoms with Gasteiger partial charge in [0.2, 0.25) is 5.91 Å². The van der Waals surface area contributed by atoms with E-state index in [-0.39, 0.29) is 11.9 Å². The second-order valence-corrected chi connectivity index (χ2v) is 5.74. The standard InChI is InChI=1S/C17H26N2O/c1-13(2)6-4-7-14(3)19-17(20)11-10-15-8-5-9-16(18)12-15/h5,8-14H,4,6-7,18H2,1-3H3,(H,19,20)/b11-10+. The summed E-state index contributed by atoms with van der Waals surface area (Å²) in [7, 11) is 0. The third-order valence-corrected chi connectivity index (χ3v) is 3.15. The summed E-state index contributed by atoms with van der Waals surface area (Å²) in [5.74, 6) is 0.672. The van der Waals surface area contributed by atoms with Crippen LogP contribution in [0.5, 0.6) is 0 Å². The number of nitrogens with two attached hydrogens (primary N) is 1. The van der Waals surface area contributed by atoms with Gasteiger partial charge in [0.05, 0.1) is 0 Å². The van der Waals surface area contributed by atoms with Crippen LogP contribution in [0.2, 0.25) is 0 Å². The van der Waals surface area contributed by atoms with E-state index in [0.717, 1.165) is 24.3 Å². The smallest absolute Gasteiger partial charge is 0.244 e. The van der Waals surface area contributed by atoms with Gasteiger partial charge in [-0.3, -0.25) is 4.79 Å². The molecule has 1 aromatic rings. The Kier molecular flexibility index (Phi) is 6.85. The number of nitrogens with one attached hydrogen (secondary N) is 1. The summed E-state index contributed by atoms with van der Waals surface area (Å²) in [4.78, 5) is 11.8. The number of rotatable bonds is 7. The highest BCUT2D eigenvalue weighted by Crippen LogP contribution is 2.09. The fourth-order valence-corrected chi connectivity index (χ4v) is 2.03. The molecule has 0 saturated carbocycles. The van der Waals surface area contributed by atoms with Crippen LogP contribution in [0.4, 0.5) is 5.69 Å². The van der Waals surface area contributed by atoms with Gasteiger partial charge in [-0.15, -0.1) is 0 Å². The summed E-state index contributed by atoms with van der Waals surface area (Å²) in [6.07, 6.45) is 6.73. The van der Waals surface area contributed by atoms with Gasteiger partial charge in [0.15, 0.2) is 0 Å². The van der Waals surface area contributed by atoms with Gasteiger partial charge in [-0.2, -0.15) is 0 Å². The van der Waals surface area contributed by atoms with E-state index in [1.807, 2.05) is 31.2 Å². The van der Waals surface area contributed by atoms with E-state index < -0.39 is 0 Å². The Hall–Kier alpha value is -1.77. The molecule has 110 valence electrons. The average molecular weight is 274 g/mol. The highest BCUT2D eigenvalue weighted by atomic mass is 16.1. The number of benzene rings is 1. The molecule has 1 unspecified atom stereocenters. The topological polar surface area (TPSA) is 55.1 Å². The Morgan fingerprint density at radius 1 is 1.30 bits per heavy atom. The van der Waals surface area contributed by atoms with Gasteiger partial charge in [-0.25, -0.2) is 0 Å². The molecular weight excluding hydrogens is 248 g/mol. The van der Waals surface area contributed by atoms with Gasteiger partial charge < -0.3 is 11.1 Å². The highest BCUT2D eigenvalue weighted by molar-refractivity contribution is 5.91. The number of carbonyl (C=O) groups excluding carboxylic acids is 1. The molecule has 0 saturated heterocycles. The molecule has 0 radical (unpaired) electrons. The van der Waals surface area contributed by atoms with Crippen molar-refractivity contribution in [3.8, 4) is 0 Å². The van der Waals surface area contributed by atoms with Gasteiger partial charge in [0.25, 0.3) is 0 Å². The molecule has 0 aliphatic heterocycles. The lowest BCUT2D eigenvalue weighted by atomic mass is 10.0. The van der Waals surface area contributed by atoms with E-state index in [0.29, 0.717) is 5.69 Å². The predicted molar refractivity (Wildman–Crippen MR) is 86.2 cm³/mol. The molecule has 3 N–H and O–H groups in total. The fourth-order valence-electron chi connectivity index (χ4n) is 2.03. The molecule has 0 fully saturated rings. The molecule has 1 aromatic carbocycles. The zero-order chi connectivity index (χ0) is 15.0. The van der Waals surface area contributed by atoms with Crippen molar-refractivity contribution in [3.63, 3.8) is 0 Å². The van der Waals surface area contributed by atoms with Crippen LogP contribution in [0, 0.1) is 5.92 Å². The Morgan fingerprint density at radius 2 is 2.05 bits per heavy atom. The van der Waals surface area contributed by atoms with Crippen LogP contribution in [0.25, 0.3) is 6.08 Å². The molecule has 0 aliphatic rings. The second-order valence-electron chi connectivity index (χ2n) is 5.74. The lowest BCUT2D eigenvalue weighted by molar-refractivity contribution is -0.117. The van der Waals surface area contributed by atoms with Gasteiger partial charge in [-0.05, 0) is 43.0 Å². The van der Waals surface area contributed by atoms with Gasteiger partial charge in [0.1, 0.15) is 0 Å². The van der Waals surface area contributed by atoms with Crippen molar-refractivity contribution < 1.29 is 4.79 Å². The number of hydrogen-bond acceptors (Lipinski definition) is 2. The Labute approximate surface area is 122 Å². The van der Waals surface area contributed by atoms with Gasteiger partial charge >= 0.3 is 0 Å². The third kappa shape index (κ3) is 6.98. The van der Waals surface area contributed by atoms with Crippen molar-refractivity contribution in [3.05, 3.63) is 35.9 Å². The molecule has 0 bridgehead atoms. The average Bonchev–Trinajstić information content (AvgIpc) is 2.36. The zero-order valence-corrected chi connectivity index (χ0v) is 12.7. The predicted octanol–water partition coefficient (Wildman–Crippen LogP) is 3.61. The SMILES string of the molecule is CC(C)CCCC(C)NC(=O)/C=C/c1cccc(N)c1. The third-order valence-electron chi connectivity index (χ3n) is 3.15. The van der Waals surface area contributed by atoms with Crippen molar-refractivity contribution in [2.45, 2.75) is 46.1 Å². The quantitative estimate of drug-likeness (QED) is 0.589. The van der Waals surface area contributed by atoms with Crippen LogP contribution in [0.1, 0.15) is 45.6 Å². The molecule has 1 atom stereocenters. The Bertz CT molecular complexity index is 452. The van der Waals surface area contributed by atoms with E-state index in [2.05, 4.69) is 19.2 Å². The van der Waals surface area contributed by atoms with Crippen LogP contribution in [0.15, 0.2) is 30.3 Å². The summed E-state index contributed by atoms with van der Waals surface area (Å²) < 4.78 is 0. The molecule has 20 heavy (non-hydrogen) atoms. The van der Waals surface area contributed by atoms with Crippen molar-refractivity contribution in [1.82, 2.24) is 5.32 Å². The molecular formula is C17H26N2O. The monoisotopic (exact) mass is 274 g/mol. The number of anilines is 1. The van der Waals surface area contributed by atoms with E-state index >= 15 is 0 Å². The van der Waals surface area contributed by atoms with Crippen LogP contribution in [-0.2, 0) is 4.79 Å². The molecule has 3 nitrogen and oxygen atoms in total. The van der Waals surface area contributed by atoms with E-state index in [4.69, 9.17) is 5.73 Å². The van der Waals surface area contributed by atoms with E-state index in [9.17, 15) is 4.79 Å². The van der Waals surface area contributed by atoms with E-state index in [1.54, 1.807) is 12.2 Å². The maximum atomic E-state index is 11.8. The Morgan fingerprint density at radius 3 is 2.70 bits per heavy atom. The maximum absolute atomic E-state index is 11.8. The van der Waals surface area contributed by atoms with Crippen molar-refractivity contribution in [2.24, 2.45) is 5.92 Å². The minimum absolute atomic E-state index is 0.0514. The van der Waals surface area contributed by atoms with E-state index in [1.165, 1.54) is 6.42 Å². The maximum Gasteiger partial charge on any atom is 0.244 e. The molecule has 3 heteroatoms. The first kappa shape index (κ1) is 16.3. The van der Waals surface area contributed by atoms with Gasteiger partial charge in [-0.1, -0.05) is 38.8 Å². The van der Waals surface area contributed by atoms with Crippen LogP contribution >= 0.6 is 0 Å². The number of nitrogen functional groups attached to an aromatic ring is 1. The second kappa shape index (κ2) is 8.41. The first-order valence-electron chi connectivity index (χ1n) is 7.31.